The minimum Gasteiger partial charge on any atom is -0.480 e. The van der Waals surface area contributed by atoms with Crippen molar-refractivity contribution in [1.29, 1.82) is 0 Å². The van der Waals surface area contributed by atoms with Crippen LogP contribution in [0.4, 0.5) is 0 Å². The molecule has 80 valence electrons. The maximum atomic E-state index is 11.3. The fourth-order valence-corrected chi connectivity index (χ4v) is 1.02. The fraction of sp³-hybridized carbons (Fsp3) is 0.200. The lowest BCUT2D eigenvalue weighted by molar-refractivity contribution is -0.135. The molecule has 15 heavy (non-hydrogen) atoms. The monoisotopic (exact) mass is 209 g/mol. The third-order valence-electron chi connectivity index (χ3n) is 1.80. The molecular weight excluding hydrogens is 198 g/mol. The van der Waals surface area contributed by atoms with Crippen molar-refractivity contribution in [2.75, 3.05) is 6.54 Å². The number of hydrogen-bond donors (Lipinski definition) is 3. The predicted molar refractivity (Wildman–Crippen MR) is 52.3 cm³/mol. The number of carboxylic acid groups (broad SMARTS) is 1. The van der Waals surface area contributed by atoms with E-state index in [1.54, 1.807) is 12.1 Å². The Morgan fingerprint density at radius 2 is 1.80 bits per heavy atom. The summed E-state index contributed by atoms with van der Waals surface area (Å²) in [6.07, 6.45) is 0. The molecule has 0 saturated carbocycles. The molecule has 0 atom stereocenters. The van der Waals surface area contributed by atoms with E-state index < -0.39 is 18.4 Å². The molecule has 1 amide bonds. The van der Waals surface area contributed by atoms with Crippen LogP contribution in [-0.4, -0.2) is 28.6 Å². The van der Waals surface area contributed by atoms with Gasteiger partial charge >= 0.3 is 5.97 Å². The Morgan fingerprint density at radius 3 is 2.27 bits per heavy atom. The first-order valence-corrected chi connectivity index (χ1v) is 4.33. The summed E-state index contributed by atoms with van der Waals surface area (Å²) in [4.78, 5) is 21.5. The average molecular weight is 209 g/mol. The summed E-state index contributed by atoms with van der Waals surface area (Å²) < 4.78 is 0. The normalized spacial score (nSPS) is 9.67. The van der Waals surface area contributed by atoms with Gasteiger partial charge in [-0.05, 0) is 17.7 Å². The zero-order valence-electron chi connectivity index (χ0n) is 7.93. The van der Waals surface area contributed by atoms with E-state index >= 15 is 0 Å². The fourth-order valence-electron chi connectivity index (χ4n) is 1.02. The summed E-state index contributed by atoms with van der Waals surface area (Å²) in [5.74, 6) is -1.53. The Kier molecular flexibility index (Phi) is 3.82. The highest BCUT2D eigenvalue weighted by Crippen LogP contribution is 2.03. The number of aliphatic hydroxyl groups is 1. The smallest absolute Gasteiger partial charge is 0.322 e. The van der Waals surface area contributed by atoms with Crippen molar-refractivity contribution in [2.45, 2.75) is 6.61 Å². The topological polar surface area (TPSA) is 86.6 Å². The summed E-state index contributed by atoms with van der Waals surface area (Å²) in [7, 11) is 0. The van der Waals surface area contributed by atoms with Crippen molar-refractivity contribution >= 4 is 11.9 Å². The number of carbonyl (C=O) groups excluding carboxylic acids is 1. The van der Waals surface area contributed by atoms with Crippen LogP contribution >= 0.6 is 0 Å². The van der Waals surface area contributed by atoms with Crippen LogP contribution in [0, 0.1) is 0 Å². The van der Waals surface area contributed by atoms with Crippen LogP contribution < -0.4 is 5.32 Å². The predicted octanol–water partition coefficient (Wildman–Crippen LogP) is -0.00670. The lowest BCUT2D eigenvalue weighted by atomic mass is 10.1. The van der Waals surface area contributed by atoms with Crippen LogP contribution in [0.3, 0.4) is 0 Å². The van der Waals surface area contributed by atoms with Gasteiger partial charge in [-0.2, -0.15) is 0 Å². The van der Waals surface area contributed by atoms with Gasteiger partial charge in [0.1, 0.15) is 6.54 Å². The first kappa shape index (κ1) is 11.2. The number of benzene rings is 1. The molecule has 0 unspecified atom stereocenters. The second-order valence-electron chi connectivity index (χ2n) is 2.93. The summed E-state index contributed by atoms with van der Waals surface area (Å²) in [5, 5.41) is 19.3. The molecule has 0 saturated heterocycles. The third kappa shape index (κ3) is 3.40. The molecule has 0 spiro atoms. The number of nitrogens with one attached hydrogen (secondary N) is 1. The molecule has 0 aliphatic rings. The van der Waals surface area contributed by atoms with Crippen LogP contribution in [0.2, 0.25) is 0 Å². The lowest BCUT2D eigenvalue weighted by Crippen LogP contribution is -2.29. The van der Waals surface area contributed by atoms with E-state index in [9.17, 15) is 9.59 Å². The van der Waals surface area contributed by atoms with E-state index in [1.807, 2.05) is 0 Å². The van der Waals surface area contributed by atoms with E-state index in [-0.39, 0.29) is 6.61 Å². The number of carboxylic acids is 1. The summed E-state index contributed by atoms with van der Waals surface area (Å²) in [6.45, 7) is -0.488. The van der Waals surface area contributed by atoms with Gasteiger partial charge < -0.3 is 15.5 Å². The molecule has 1 aromatic rings. The summed E-state index contributed by atoms with van der Waals surface area (Å²) in [5.41, 5.74) is 1.07. The molecule has 1 rings (SSSR count). The van der Waals surface area contributed by atoms with Gasteiger partial charge in [-0.25, -0.2) is 0 Å². The minimum atomic E-state index is -1.09. The largest absolute Gasteiger partial charge is 0.480 e. The molecule has 0 heterocycles. The van der Waals surface area contributed by atoms with Crippen molar-refractivity contribution in [2.24, 2.45) is 0 Å². The van der Waals surface area contributed by atoms with E-state index in [0.717, 1.165) is 0 Å². The van der Waals surface area contributed by atoms with Crippen molar-refractivity contribution in [1.82, 2.24) is 5.32 Å². The van der Waals surface area contributed by atoms with Gasteiger partial charge in [0.25, 0.3) is 5.91 Å². The van der Waals surface area contributed by atoms with Crippen molar-refractivity contribution < 1.29 is 19.8 Å². The van der Waals surface area contributed by atoms with Crippen molar-refractivity contribution in [3.8, 4) is 0 Å². The van der Waals surface area contributed by atoms with Crippen LogP contribution in [-0.2, 0) is 11.4 Å². The van der Waals surface area contributed by atoms with Gasteiger partial charge in [0, 0.05) is 5.56 Å². The molecule has 0 aliphatic carbocycles. The van der Waals surface area contributed by atoms with E-state index in [2.05, 4.69) is 5.32 Å². The van der Waals surface area contributed by atoms with Crippen LogP contribution in [0.15, 0.2) is 24.3 Å². The number of hydrogen-bond acceptors (Lipinski definition) is 3. The quantitative estimate of drug-likeness (QED) is 0.651. The van der Waals surface area contributed by atoms with Crippen molar-refractivity contribution in [3.05, 3.63) is 35.4 Å². The number of amides is 1. The highest BCUT2D eigenvalue weighted by molar-refractivity contribution is 5.95. The van der Waals surface area contributed by atoms with Gasteiger partial charge in [0.05, 0.1) is 6.61 Å². The average Bonchev–Trinajstić information content (AvgIpc) is 2.26. The Balaban J connectivity index is 2.62. The van der Waals surface area contributed by atoms with Gasteiger partial charge in [-0.1, -0.05) is 12.1 Å². The van der Waals surface area contributed by atoms with Gasteiger partial charge in [-0.15, -0.1) is 0 Å². The molecule has 5 heteroatoms. The minimum absolute atomic E-state index is 0.0863. The summed E-state index contributed by atoms with van der Waals surface area (Å²) >= 11 is 0. The van der Waals surface area contributed by atoms with Crippen LogP contribution in [0.1, 0.15) is 15.9 Å². The SMILES string of the molecule is O=C(O)CNC(=O)c1ccc(CO)cc1. The highest BCUT2D eigenvalue weighted by Gasteiger charge is 2.06. The van der Waals surface area contributed by atoms with Gasteiger partial charge in [0.15, 0.2) is 0 Å². The first-order valence-electron chi connectivity index (χ1n) is 4.33. The van der Waals surface area contributed by atoms with Crippen LogP contribution in [0.5, 0.6) is 0 Å². The van der Waals surface area contributed by atoms with Crippen LogP contribution in [0.25, 0.3) is 0 Å². The zero-order chi connectivity index (χ0) is 11.3. The maximum Gasteiger partial charge on any atom is 0.322 e. The Morgan fingerprint density at radius 1 is 1.20 bits per heavy atom. The Bertz CT molecular complexity index is 358. The Labute approximate surface area is 86.4 Å². The molecule has 0 bridgehead atoms. The number of rotatable bonds is 4. The number of carbonyl (C=O) groups is 2. The van der Waals surface area contributed by atoms with E-state index in [1.165, 1.54) is 12.1 Å². The molecule has 3 N–H and O–H groups in total. The molecule has 1 aromatic carbocycles. The number of aliphatic carboxylic acids is 1. The molecule has 0 radical (unpaired) electrons. The van der Waals surface area contributed by atoms with E-state index in [0.29, 0.717) is 11.1 Å². The molecule has 0 aromatic heterocycles. The second kappa shape index (κ2) is 5.11. The molecule has 0 aliphatic heterocycles. The van der Waals surface area contributed by atoms with Crippen molar-refractivity contribution in [3.63, 3.8) is 0 Å². The maximum absolute atomic E-state index is 11.3. The Hall–Kier alpha value is -1.88. The van der Waals surface area contributed by atoms with Gasteiger partial charge in [-0.3, -0.25) is 9.59 Å². The second-order valence-corrected chi connectivity index (χ2v) is 2.93. The standard InChI is InChI=1S/C10H11NO4/c12-6-7-1-3-8(4-2-7)10(15)11-5-9(13)14/h1-4,12H,5-6H2,(H,11,15)(H,13,14). The summed E-state index contributed by atoms with van der Waals surface area (Å²) in [6, 6.07) is 6.27. The first-order chi connectivity index (χ1) is 7.13. The lowest BCUT2D eigenvalue weighted by Gasteiger charge is -2.02. The molecule has 0 fully saturated rings. The highest BCUT2D eigenvalue weighted by atomic mass is 16.4. The van der Waals surface area contributed by atoms with Gasteiger partial charge in [0.2, 0.25) is 0 Å². The zero-order valence-corrected chi connectivity index (χ0v) is 7.93. The third-order valence-corrected chi connectivity index (χ3v) is 1.80. The number of aliphatic hydroxyl groups excluding tert-OH is 1. The molecule has 5 nitrogen and oxygen atoms in total. The molecular formula is C10H11NO4. The van der Waals surface area contributed by atoms with E-state index in [4.69, 9.17) is 10.2 Å².